The number of hydrogen-bond acceptors (Lipinski definition) is 4. The molecule has 2 heterocycles. The molecule has 0 bridgehead atoms. The fourth-order valence-electron chi connectivity index (χ4n) is 1.55. The van der Waals surface area contributed by atoms with Gasteiger partial charge in [0.15, 0.2) is 17.0 Å². The van der Waals surface area contributed by atoms with E-state index >= 15 is 0 Å². The van der Waals surface area contributed by atoms with Crippen molar-refractivity contribution in [3.05, 3.63) is 12.7 Å². The van der Waals surface area contributed by atoms with Gasteiger partial charge in [-0.25, -0.2) is 19.9 Å². The van der Waals surface area contributed by atoms with E-state index in [0.717, 1.165) is 17.0 Å². The first kappa shape index (κ1) is 12.5. The smallest absolute Gasteiger partial charge is 0.185 e. The molecule has 0 amide bonds. The van der Waals surface area contributed by atoms with E-state index in [9.17, 15) is 0 Å². The van der Waals surface area contributed by atoms with Crippen molar-refractivity contribution < 1.29 is 0 Å². The van der Waals surface area contributed by atoms with E-state index < -0.39 is 0 Å². The Bertz CT molecular complexity index is 581. The summed E-state index contributed by atoms with van der Waals surface area (Å²) in [4.78, 5) is 19.3. The van der Waals surface area contributed by atoms with Crippen molar-refractivity contribution in [3.8, 4) is 0 Å². The van der Waals surface area contributed by atoms with Gasteiger partial charge in [-0.3, -0.25) is 0 Å². The SMILES string of the molecule is C/C(=N/c1ncnc2c1ncn2C(C)C)N(C)C. The van der Waals surface area contributed by atoms with Gasteiger partial charge in [0.1, 0.15) is 12.2 Å². The summed E-state index contributed by atoms with van der Waals surface area (Å²) in [5.74, 6) is 1.50. The first-order chi connectivity index (χ1) is 8.50. The Balaban J connectivity index is 2.57. The fraction of sp³-hybridized carbons (Fsp3) is 0.500. The molecule has 2 aromatic heterocycles. The molecule has 0 spiro atoms. The van der Waals surface area contributed by atoms with Gasteiger partial charge in [-0.15, -0.1) is 0 Å². The lowest BCUT2D eigenvalue weighted by molar-refractivity contribution is 0.612. The first-order valence-corrected chi connectivity index (χ1v) is 5.91. The third-order valence-corrected chi connectivity index (χ3v) is 2.81. The third-order valence-electron chi connectivity index (χ3n) is 2.81. The lowest BCUT2D eigenvalue weighted by atomic mass is 10.4. The highest BCUT2D eigenvalue weighted by Gasteiger charge is 2.11. The number of imidazole rings is 1. The highest BCUT2D eigenvalue weighted by atomic mass is 15.2. The molecule has 0 aliphatic carbocycles. The zero-order valence-electron chi connectivity index (χ0n) is 11.4. The molecular formula is C12H18N6. The number of aromatic nitrogens is 4. The van der Waals surface area contributed by atoms with Gasteiger partial charge in [0.25, 0.3) is 0 Å². The molecule has 18 heavy (non-hydrogen) atoms. The predicted octanol–water partition coefficient (Wildman–Crippen LogP) is 2.02. The molecule has 0 radical (unpaired) electrons. The number of rotatable bonds is 2. The molecule has 0 fully saturated rings. The number of aliphatic imine (C=N–C) groups is 1. The molecule has 0 aromatic carbocycles. The standard InChI is InChI=1S/C12H18N6/c1-8(2)18-7-15-10-11(13-6-14-12(10)18)16-9(3)17(4)5/h6-8H,1-5H3/b16-9-. The second-order valence-corrected chi connectivity index (χ2v) is 4.67. The van der Waals surface area contributed by atoms with Gasteiger partial charge in [-0.1, -0.05) is 0 Å². The van der Waals surface area contributed by atoms with Crippen molar-refractivity contribution in [2.24, 2.45) is 4.99 Å². The summed E-state index contributed by atoms with van der Waals surface area (Å²) in [7, 11) is 3.90. The maximum Gasteiger partial charge on any atom is 0.185 e. The third kappa shape index (κ3) is 2.18. The van der Waals surface area contributed by atoms with Crippen LogP contribution in [0.2, 0.25) is 0 Å². The van der Waals surface area contributed by atoms with Gasteiger partial charge in [0.05, 0.1) is 6.33 Å². The van der Waals surface area contributed by atoms with Crippen LogP contribution in [0.4, 0.5) is 5.82 Å². The highest BCUT2D eigenvalue weighted by Crippen LogP contribution is 2.22. The van der Waals surface area contributed by atoms with Crippen LogP contribution in [0.25, 0.3) is 11.2 Å². The average molecular weight is 246 g/mol. The Morgan fingerprint density at radius 2 is 2.00 bits per heavy atom. The quantitative estimate of drug-likeness (QED) is 0.601. The normalized spacial score (nSPS) is 12.4. The minimum Gasteiger partial charge on any atom is -0.366 e. The van der Waals surface area contributed by atoms with Gasteiger partial charge >= 0.3 is 0 Å². The summed E-state index contributed by atoms with van der Waals surface area (Å²) >= 11 is 0. The molecule has 0 aliphatic rings. The average Bonchev–Trinajstić information content (AvgIpc) is 2.73. The van der Waals surface area contributed by atoms with Crippen LogP contribution in [0, 0.1) is 0 Å². The van der Waals surface area contributed by atoms with Gasteiger partial charge < -0.3 is 9.47 Å². The summed E-state index contributed by atoms with van der Waals surface area (Å²) in [6.45, 7) is 6.13. The zero-order chi connectivity index (χ0) is 13.3. The van der Waals surface area contributed by atoms with Gasteiger partial charge in [-0.05, 0) is 20.8 Å². The van der Waals surface area contributed by atoms with Gasteiger partial charge in [-0.2, -0.15) is 0 Å². The maximum absolute atomic E-state index is 4.47. The molecule has 96 valence electrons. The summed E-state index contributed by atoms with van der Waals surface area (Å²) < 4.78 is 2.01. The minimum atomic E-state index is 0.316. The van der Waals surface area contributed by atoms with Gasteiger partial charge in [0, 0.05) is 20.1 Å². The fourth-order valence-corrected chi connectivity index (χ4v) is 1.55. The van der Waals surface area contributed by atoms with Crippen molar-refractivity contribution in [1.82, 2.24) is 24.4 Å². The van der Waals surface area contributed by atoms with Gasteiger partial charge in [0.2, 0.25) is 0 Å². The van der Waals surface area contributed by atoms with Crippen LogP contribution in [-0.4, -0.2) is 44.3 Å². The topological polar surface area (TPSA) is 59.2 Å². The van der Waals surface area contributed by atoms with Crippen LogP contribution in [0.3, 0.4) is 0 Å². The maximum atomic E-state index is 4.47. The molecule has 0 aliphatic heterocycles. The monoisotopic (exact) mass is 246 g/mol. The second-order valence-electron chi connectivity index (χ2n) is 4.67. The highest BCUT2D eigenvalue weighted by molar-refractivity contribution is 5.88. The second kappa shape index (κ2) is 4.72. The minimum absolute atomic E-state index is 0.316. The summed E-state index contributed by atoms with van der Waals surface area (Å²) in [5, 5.41) is 0. The Kier molecular flexibility index (Phi) is 3.27. The number of hydrogen-bond donors (Lipinski definition) is 0. The van der Waals surface area contributed by atoms with E-state index in [0.29, 0.717) is 11.9 Å². The van der Waals surface area contributed by atoms with Crippen molar-refractivity contribution in [2.45, 2.75) is 26.8 Å². The van der Waals surface area contributed by atoms with E-state index in [1.165, 1.54) is 6.33 Å². The Morgan fingerprint density at radius 1 is 1.28 bits per heavy atom. The molecule has 0 N–H and O–H groups in total. The number of nitrogens with zero attached hydrogens (tertiary/aromatic N) is 6. The number of amidine groups is 1. The van der Waals surface area contributed by atoms with Crippen molar-refractivity contribution in [2.75, 3.05) is 14.1 Å². The Hall–Kier alpha value is -1.98. The van der Waals surface area contributed by atoms with Crippen LogP contribution in [0.5, 0.6) is 0 Å². The predicted molar refractivity (Wildman–Crippen MR) is 72.2 cm³/mol. The van der Waals surface area contributed by atoms with E-state index in [-0.39, 0.29) is 0 Å². The van der Waals surface area contributed by atoms with E-state index in [4.69, 9.17) is 0 Å². The summed E-state index contributed by atoms with van der Waals surface area (Å²) in [5.41, 5.74) is 1.57. The Labute approximate surface area is 106 Å². The van der Waals surface area contributed by atoms with Crippen LogP contribution in [0.15, 0.2) is 17.6 Å². The van der Waals surface area contributed by atoms with Crippen molar-refractivity contribution in [1.29, 1.82) is 0 Å². The van der Waals surface area contributed by atoms with Crippen molar-refractivity contribution >= 4 is 22.8 Å². The van der Waals surface area contributed by atoms with E-state index in [2.05, 4.69) is 33.8 Å². The molecule has 0 atom stereocenters. The molecular weight excluding hydrogens is 228 g/mol. The molecule has 0 saturated heterocycles. The molecule has 2 rings (SSSR count). The largest absolute Gasteiger partial charge is 0.366 e. The van der Waals surface area contributed by atoms with E-state index in [1.807, 2.05) is 30.5 Å². The van der Waals surface area contributed by atoms with Crippen LogP contribution < -0.4 is 0 Å². The lowest BCUT2D eigenvalue weighted by Gasteiger charge is -2.10. The van der Waals surface area contributed by atoms with Crippen LogP contribution >= 0.6 is 0 Å². The summed E-state index contributed by atoms with van der Waals surface area (Å²) in [6.07, 6.45) is 3.32. The Morgan fingerprint density at radius 3 is 2.61 bits per heavy atom. The molecule has 6 nitrogen and oxygen atoms in total. The van der Waals surface area contributed by atoms with Crippen molar-refractivity contribution in [3.63, 3.8) is 0 Å². The van der Waals surface area contributed by atoms with Crippen LogP contribution in [-0.2, 0) is 0 Å². The molecule has 2 aromatic rings. The lowest BCUT2D eigenvalue weighted by Crippen LogP contribution is -2.17. The first-order valence-electron chi connectivity index (χ1n) is 5.91. The molecule has 6 heteroatoms. The summed E-state index contributed by atoms with van der Waals surface area (Å²) in [6, 6.07) is 0.316. The zero-order valence-corrected chi connectivity index (χ0v) is 11.4. The molecule has 0 saturated carbocycles. The number of fused-ring (bicyclic) bond motifs is 1. The molecule has 0 unspecified atom stereocenters. The van der Waals surface area contributed by atoms with E-state index in [1.54, 1.807) is 6.33 Å². The van der Waals surface area contributed by atoms with Crippen LogP contribution in [0.1, 0.15) is 26.8 Å².